The number of benzene rings is 1. The van der Waals surface area contributed by atoms with E-state index in [4.69, 9.17) is 4.42 Å². The van der Waals surface area contributed by atoms with Crippen molar-refractivity contribution in [2.75, 3.05) is 0 Å². The second-order valence-corrected chi connectivity index (χ2v) is 8.95. The highest BCUT2D eigenvalue weighted by atomic mass is 32.2. The number of ether oxygens (including phenoxy) is 1. The summed E-state index contributed by atoms with van der Waals surface area (Å²) in [4.78, 5) is 21.7. The molecule has 0 fully saturated rings. The highest BCUT2D eigenvalue weighted by molar-refractivity contribution is 7.99. The quantitative estimate of drug-likeness (QED) is 0.408. The van der Waals surface area contributed by atoms with E-state index in [1.54, 1.807) is 12.1 Å². The third kappa shape index (κ3) is 4.08. The summed E-state index contributed by atoms with van der Waals surface area (Å²) >= 11 is 2.75. The number of thiophene rings is 1. The normalized spacial score (nSPS) is 12.6. The van der Waals surface area contributed by atoms with E-state index >= 15 is 0 Å². The maximum Gasteiger partial charge on any atom is 0.387 e. The number of aryl methyl sites for hydroxylation is 2. The SMILES string of the molecule is Cc1sc2nc([C@H](C)Sc3nnc(-c4ccc(OC(F)F)cc4)o3)[nH]c(=O)c2c1C. The van der Waals surface area contributed by atoms with Crippen molar-refractivity contribution in [1.82, 2.24) is 20.2 Å². The largest absolute Gasteiger partial charge is 0.435 e. The number of alkyl halides is 2. The molecule has 0 unspecified atom stereocenters. The Morgan fingerprint density at radius 3 is 2.63 bits per heavy atom. The molecule has 4 rings (SSSR count). The summed E-state index contributed by atoms with van der Waals surface area (Å²) in [5.74, 6) is 0.808. The molecular formula is C19H16F2N4O3S2. The zero-order chi connectivity index (χ0) is 21.4. The van der Waals surface area contributed by atoms with Gasteiger partial charge in [0, 0.05) is 10.4 Å². The molecule has 156 valence electrons. The van der Waals surface area contributed by atoms with Crippen LogP contribution in [0.25, 0.3) is 21.7 Å². The molecular weight excluding hydrogens is 434 g/mol. The minimum absolute atomic E-state index is 0.0426. The molecule has 0 saturated heterocycles. The summed E-state index contributed by atoms with van der Waals surface area (Å²) in [7, 11) is 0. The number of rotatable bonds is 6. The van der Waals surface area contributed by atoms with Gasteiger partial charge in [0.15, 0.2) is 0 Å². The average molecular weight is 450 g/mol. The van der Waals surface area contributed by atoms with Crippen LogP contribution in [0, 0.1) is 13.8 Å². The van der Waals surface area contributed by atoms with Gasteiger partial charge in [0.05, 0.1) is 10.6 Å². The lowest BCUT2D eigenvalue weighted by Crippen LogP contribution is -2.12. The summed E-state index contributed by atoms with van der Waals surface area (Å²) in [6.45, 7) is 2.87. The number of aromatic amines is 1. The van der Waals surface area contributed by atoms with Gasteiger partial charge < -0.3 is 14.1 Å². The van der Waals surface area contributed by atoms with Crippen LogP contribution in [0.5, 0.6) is 5.75 Å². The molecule has 7 nitrogen and oxygen atoms in total. The van der Waals surface area contributed by atoms with Gasteiger partial charge in [0.2, 0.25) is 5.89 Å². The molecule has 0 aliphatic carbocycles. The molecule has 0 bridgehead atoms. The first-order chi connectivity index (χ1) is 14.3. The smallest absolute Gasteiger partial charge is 0.387 e. The monoisotopic (exact) mass is 450 g/mol. The number of aromatic nitrogens is 4. The van der Waals surface area contributed by atoms with Crippen molar-refractivity contribution in [2.45, 2.75) is 37.9 Å². The first-order valence-corrected chi connectivity index (χ1v) is 10.6. The van der Waals surface area contributed by atoms with Gasteiger partial charge in [-0.1, -0.05) is 11.8 Å². The standard InChI is InChI=1S/C19H16F2N4O3S2/c1-8-9(2)29-17-13(8)15(26)22-14(23-17)10(3)30-19-25-24-16(28-19)11-4-6-12(7-5-11)27-18(20)21/h4-7,10,18H,1-3H3,(H,22,23,26)/t10-/m0/s1. The molecule has 1 atom stereocenters. The van der Waals surface area contributed by atoms with Crippen LogP contribution in [0.1, 0.15) is 28.4 Å². The number of H-pyrrole nitrogens is 1. The Bertz CT molecular complexity index is 1250. The van der Waals surface area contributed by atoms with Crippen LogP contribution < -0.4 is 10.3 Å². The van der Waals surface area contributed by atoms with E-state index in [-0.39, 0.29) is 22.4 Å². The van der Waals surface area contributed by atoms with Gasteiger partial charge in [0.25, 0.3) is 10.8 Å². The maximum atomic E-state index is 12.5. The molecule has 0 aliphatic rings. The lowest BCUT2D eigenvalue weighted by molar-refractivity contribution is -0.0498. The third-order valence-corrected chi connectivity index (χ3v) is 6.50. The number of hydrogen-bond acceptors (Lipinski definition) is 8. The molecule has 3 aromatic heterocycles. The van der Waals surface area contributed by atoms with Crippen molar-refractivity contribution in [1.29, 1.82) is 0 Å². The molecule has 1 N–H and O–H groups in total. The van der Waals surface area contributed by atoms with E-state index < -0.39 is 6.61 Å². The molecule has 11 heteroatoms. The van der Waals surface area contributed by atoms with Gasteiger partial charge >= 0.3 is 6.61 Å². The van der Waals surface area contributed by atoms with Crippen molar-refractivity contribution in [2.24, 2.45) is 0 Å². The predicted octanol–water partition coefficient (Wildman–Crippen LogP) is 5.11. The van der Waals surface area contributed by atoms with E-state index in [2.05, 4.69) is 24.9 Å². The Morgan fingerprint density at radius 2 is 1.93 bits per heavy atom. The molecule has 4 aromatic rings. The first-order valence-electron chi connectivity index (χ1n) is 8.87. The van der Waals surface area contributed by atoms with E-state index in [1.165, 1.54) is 35.2 Å². The number of nitrogens with one attached hydrogen (secondary N) is 1. The minimum atomic E-state index is -2.88. The predicted molar refractivity (Wildman–Crippen MR) is 110 cm³/mol. The molecule has 3 heterocycles. The van der Waals surface area contributed by atoms with E-state index in [0.717, 1.165) is 10.4 Å². The van der Waals surface area contributed by atoms with Gasteiger partial charge in [-0.3, -0.25) is 4.79 Å². The highest BCUT2D eigenvalue weighted by Crippen LogP contribution is 2.35. The van der Waals surface area contributed by atoms with Gasteiger partial charge in [-0.2, -0.15) is 8.78 Å². The highest BCUT2D eigenvalue weighted by Gasteiger charge is 2.19. The number of halogens is 2. The lowest BCUT2D eigenvalue weighted by atomic mass is 10.2. The van der Waals surface area contributed by atoms with E-state index in [9.17, 15) is 13.6 Å². The fourth-order valence-corrected chi connectivity index (χ4v) is 4.60. The van der Waals surface area contributed by atoms with Crippen molar-refractivity contribution >= 4 is 33.3 Å². The fourth-order valence-electron chi connectivity index (χ4n) is 2.82. The second kappa shape index (κ2) is 8.15. The van der Waals surface area contributed by atoms with Crippen molar-refractivity contribution in [3.05, 3.63) is 50.9 Å². The molecule has 0 saturated carbocycles. The van der Waals surface area contributed by atoms with Crippen LogP contribution in [0.2, 0.25) is 0 Å². The Morgan fingerprint density at radius 1 is 1.20 bits per heavy atom. The summed E-state index contributed by atoms with van der Waals surface area (Å²) < 4.78 is 34.5. The van der Waals surface area contributed by atoms with Gasteiger partial charge in [0.1, 0.15) is 16.4 Å². The summed E-state index contributed by atoms with van der Waals surface area (Å²) in [5.41, 5.74) is 1.35. The van der Waals surface area contributed by atoms with Crippen LogP contribution >= 0.6 is 23.1 Å². The molecule has 1 aromatic carbocycles. The first kappa shape index (κ1) is 20.5. The van der Waals surface area contributed by atoms with Crippen LogP contribution in [-0.4, -0.2) is 26.8 Å². The lowest BCUT2D eigenvalue weighted by Gasteiger charge is -2.07. The summed E-state index contributed by atoms with van der Waals surface area (Å²) in [5, 5.41) is 8.68. The Kier molecular flexibility index (Phi) is 5.56. The van der Waals surface area contributed by atoms with Crippen LogP contribution in [0.3, 0.4) is 0 Å². The topological polar surface area (TPSA) is 93.9 Å². The number of hydrogen-bond donors (Lipinski definition) is 1. The zero-order valence-electron chi connectivity index (χ0n) is 16.1. The average Bonchev–Trinajstić information content (AvgIpc) is 3.26. The van der Waals surface area contributed by atoms with Gasteiger partial charge in [-0.05, 0) is 50.6 Å². The van der Waals surface area contributed by atoms with Crippen LogP contribution in [-0.2, 0) is 0 Å². The summed E-state index contributed by atoms with van der Waals surface area (Å²) in [6.07, 6.45) is 0. The minimum Gasteiger partial charge on any atom is -0.435 e. The van der Waals surface area contributed by atoms with E-state index in [0.29, 0.717) is 26.8 Å². The van der Waals surface area contributed by atoms with Crippen LogP contribution in [0.4, 0.5) is 8.78 Å². The van der Waals surface area contributed by atoms with Crippen molar-refractivity contribution in [3.63, 3.8) is 0 Å². The number of fused-ring (bicyclic) bond motifs is 1. The number of nitrogens with zero attached hydrogens (tertiary/aromatic N) is 3. The number of thioether (sulfide) groups is 1. The Labute approximate surface area is 177 Å². The van der Waals surface area contributed by atoms with Gasteiger partial charge in [-0.25, -0.2) is 4.98 Å². The maximum absolute atomic E-state index is 12.5. The molecule has 0 spiro atoms. The summed E-state index contributed by atoms with van der Waals surface area (Å²) in [6, 6.07) is 5.90. The Balaban J connectivity index is 1.52. The second-order valence-electron chi connectivity index (χ2n) is 6.45. The molecule has 0 amide bonds. The molecule has 0 aliphatic heterocycles. The van der Waals surface area contributed by atoms with Gasteiger partial charge in [-0.15, -0.1) is 21.5 Å². The fraction of sp³-hybridized carbons (Fsp3) is 0.263. The Hall–Kier alpha value is -2.79. The molecule has 0 radical (unpaired) electrons. The van der Waals surface area contributed by atoms with Crippen molar-refractivity contribution < 1.29 is 17.9 Å². The van der Waals surface area contributed by atoms with Crippen molar-refractivity contribution in [3.8, 4) is 17.2 Å². The molecule has 30 heavy (non-hydrogen) atoms. The van der Waals surface area contributed by atoms with E-state index in [1.807, 2.05) is 20.8 Å². The third-order valence-electron chi connectivity index (χ3n) is 4.45. The zero-order valence-corrected chi connectivity index (χ0v) is 17.7. The van der Waals surface area contributed by atoms with Crippen LogP contribution in [0.15, 0.2) is 38.7 Å².